The summed E-state index contributed by atoms with van der Waals surface area (Å²) >= 11 is 0. The van der Waals surface area contributed by atoms with Crippen LogP contribution in [0.5, 0.6) is 0 Å². The summed E-state index contributed by atoms with van der Waals surface area (Å²) in [6.45, 7) is 1.48. The Morgan fingerprint density at radius 3 is 2.64 bits per heavy atom. The van der Waals surface area contributed by atoms with E-state index in [4.69, 9.17) is 4.74 Å². The van der Waals surface area contributed by atoms with E-state index in [1.807, 2.05) is 0 Å². The van der Waals surface area contributed by atoms with Gasteiger partial charge in [-0.3, -0.25) is 4.79 Å². The molecule has 22 heavy (non-hydrogen) atoms. The van der Waals surface area contributed by atoms with Crippen molar-refractivity contribution in [3.8, 4) is 0 Å². The summed E-state index contributed by atoms with van der Waals surface area (Å²) in [6.07, 6.45) is 7.98. The number of carbonyl (C=O) groups excluding carboxylic acids is 1. The van der Waals surface area contributed by atoms with Gasteiger partial charge in [-0.1, -0.05) is 25.7 Å². The smallest absolute Gasteiger partial charge is 0.272 e. The van der Waals surface area contributed by atoms with E-state index in [0.717, 1.165) is 25.8 Å². The summed E-state index contributed by atoms with van der Waals surface area (Å²) < 4.78 is 4.98. The molecule has 0 aliphatic heterocycles. The normalized spacial score (nSPS) is 16.0. The molecule has 6 heteroatoms. The van der Waals surface area contributed by atoms with Crippen molar-refractivity contribution in [2.75, 3.05) is 25.6 Å². The first-order valence-electron chi connectivity index (χ1n) is 8.17. The quantitative estimate of drug-likeness (QED) is 0.597. The number of hydrogen-bond acceptors (Lipinski definition) is 5. The molecule has 6 nitrogen and oxygen atoms in total. The molecule has 2 N–H and O–H groups in total. The van der Waals surface area contributed by atoms with E-state index in [1.165, 1.54) is 25.7 Å². The number of anilines is 1. The molecule has 1 amide bonds. The van der Waals surface area contributed by atoms with Crippen LogP contribution >= 0.6 is 0 Å². The summed E-state index contributed by atoms with van der Waals surface area (Å²) in [7, 11) is 1.68. The van der Waals surface area contributed by atoms with Crippen LogP contribution in [-0.4, -0.2) is 42.4 Å². The van der Waals surface area contributed by atoms with Crippen LogP contribution in [0.1, 0.15) is 55.4 Å². The van der Waals surface area contributed by atoms with Gasteiger partial charge in [-0.05, 0) is 31.4 Å². The van der Waals surface area contributed by atoms with Gasteiger partial charge >= 0.3 is 0 Å². The van der Waals surface area contributed by atoms with Gasteiger partial charge in [0.15, 0.2) is 5.69 Å². The van der Waals surface area contributed by atoms with Crippen molar-refractivity contribution in [2.45, 2.75) is 51.0 Å². The predicted octanol–water partition coefficient (Wildman–Crippen LogP) is 2.38. The third kappa shape index (κ3) is 5.60. The second kappa shape index (κ2) is 9.35. The van der Waals surface area contributed by atoms with Crippen molar-refractivity contribution in [2.24, 2.45) is 0 Å². The van der Waals surface area contributed by atoms with E-state index in [0.29, 0.717) is 18.1 Å². The first-order valence-corrected chi connectivity index (χ1v) is 8.17. The second-order valence-electron chi connectivity index (χ2n) is 5.74. The summed E-state index contributed by atoms with van der Waals surface area (Å²) in [4.78, 5) is 12.2. The Morgan fingerprint density at radius 1 is 1.23 bits per heavy atom. The maximum absolute atomic E-state index is 12.2. The molecule has 0 saturated heterocycles. The fraction of sp³-hybridized carbons (Fsp3) is 0.688. The Labute approximate surface area is 132 Å². The van der Waals surface area contributed by atoms with Crippen molar-refractivity contribution in [1.29, 1.82) is 0 Å². The number of carbonyl (C=O) groups is 1. The molecule has 1 saturated carbocycles. The average Bonchev–Trinajstić information content (AvgIpc) is 2.81. The number of hydrogen-bond donors (Lipinski definition) is 2. The molecule has 122 valence electrons. The van der Waals surface area contributed by atoms with Crippen LogP contribution in [0.4, 0.5) is 5.82 Å². The Balaban J connectivity index is 1.79. The monoisotopic (exact) mass is 306 g/mol. The predicted molar refractivity (Wildman–Crippen MR) is 86.0 cm³/mol. The minimum absolute atomic E-state index is 0.120. The number of nitrogens with zero attached hydrogens (tertiary/aromatic N) is 2. The van der Waals surface area contributed by atoms with Crippen molar-refractivity contribution in [3.05, 3.63) is 17.8 Å². The van der Waals surface area contributed by atoms with E-state index in [-0.39, 0.29) is 11.9 Å². The maximum Gasteiger partial charge on any atom is 0.272 e. The Morgan fingerprint density at radius 2 is 2.00 bits per heavy atom. The highest BCUT2D eigenvalue weighted by Crippen LogP contribution is 2.17. The molecule has 1 fully saturated rings. The molecule has 0 unspecified atom stereocenters. The van der Waals surface area contributed by atoms with Gasteiger partial charge in [-0.15, -0.1) is 10.2 Å². The van der Waals surface area contributed by atoms with Crippen molar-refractivity contribution >= 4 is 11.7 Å². The number of rotatable bonds is 7. The van der Waals surface area contributed by atoms with E-state index in [1.54, 1.807) is 19.2 Å². The first kappa shape index (κ1) is 16.7. The third-order valence-electron chi connectivity index (χ3n) is 3.92. The number of nitrogens with one attached hydrogen (secondary N) is 2. The SMILES string of the molecule is COCCCNc1ccc(C(=O)NC2CCCCCC2)nn1. The van der Waals surface area contributed by atoms with Gasteiger partial charge in [0.05, 0.1) is 0 Å². The average molecular weight is 306 g/mol. The lowest BCUT2D eigenvalue weighted by molar-refractivity contribution is 0.0927. The van der Waals surface area contributed by atoms with Gasteiger partial charge < -0.3 is 15.4 Å². The molecule has 1 aromatic rings. The minimum Gasteiger partial charge on any atom is -0.385 e. The van der Waals surface area contributed by atoms with Crippen molar-refractivity contribution < 1.29 is 9.53 Å². The molecule has 0 radical (unpaired) electrons. The fourth-order valence-electron chi connectivity index (χ4n) is 2.66. The molecule has 0 spiro atoms. The number of amides is 1. The van der Waals surface area contributed by atoms with Gasteiger partial charge in [0.25, 0.3) is 5.91 Å². The topological polar surface area (TPSA) is 76.1 Å². The zero-order valence-corrected chi connectivity index (χ0v) is 13.3. The molecule has 1 aliphatic rings. The van der Waals surface area contributed by atoms with Crippen LogP contribution in [0.15, 0.2) is 12.1 Å². The Kier molecular flexibility index (Phi) is 7.09. The molecule has 0 aromatic carbocycles. The van der Waals surface area contributed by atoms with Gasteiger partial charge in [0, 0.05) is 26.3 Å². The molecule has 1 heterocycles. The highest BCUT2D eigenvalue weighted by molar-refractivity contribution is 5.92. The standard InChI is InChI=1S/C16H26N4O2/c1-22-12-6-11-17-15-10-9-14(19-20-15)16(21)18-13-7-4-2-3-5-8-13/h9-10,13H,2-8,11-12H2,1H3,(H,17,20)(H,18,21). The lowest BCUT2D eigenvalue weighted by atomic mass is 10.1. The zero-order valence-electron chi connectivity index (χ0n) is 13.3. The number of aromatic nitrogens is 2. The van der Waals surface area contributed by atoms with Crippen LogP contribution in [0.2, 0.25) is 0 Å². The number of ether oxygens (including phenoxy) is 1. The molecule has 1 aliphatic carbocycles. The number of methoxy groups -OCH3 is 1. The molecule has 0 bridgehead atoms. The van der Waals surface area contributed by atoms with Crippen LogP contribution in [-0.2, 0) is 4.74 Å². The summed E-state index contributed by atoms with van der Waals surface area (Å²) in [5.74, 6) is 0.562. The van der Waals surface area contributed by atoms with E-state index in [2.05, 4.69) is 20.8 Å². The summed E-state index contributed by atoms with van der Waals surface area (Å²) in [5.41, 5.74) is 0.381. The lowest BCUT2D eigenvalue weighted by Crippen LogP contribution is -2.35. The van der Waals surface area contributed by atoms with Crippen molar-refractivity contribution in [1.82, 2.24) is 15.5 Å². The third-order valence-corrected chi connectivity index (χ3v) is 3.92. The highest BCUT2D eigenvalue weighted by atomic mass is 16.5. The first-order chi connectivity index (χ1) is 10.8. The Bertz CT molecular complexity index is 442. The summed E-state index contributed by atoms with van der Waals surface area (Å²) in [6, 6.07) is 3.79. The highest BCUT2D eigenvalue weighted by Gasteiger charge is 2.16. The van der Waals surface area contributed by atoms with Gasteiger partial charge in [-0.25, -0.2) is 0 Å². The van der Waals surface area contributed by atoms with Crippen molar-refractivity contribution in [3.63, 3.8) is 0 Å². The van der Waals surface area contributed by atoms with Gasteiger partial charge in [0.1, 0.15) is 5.82 Å². The van der Waals surface area contributed by atoms with E-state index >= 15 is 0 Å². The lowest BCUT2D eigenvalue weighted by Gasteiger charge is -2.15. The van der Waals surface area contributed by atoms with Crippen LogP contribution in [0.3, 0.4) is 0 Å². The zero-order chi connectivity index (χ0) is 15.6. The van der Waals surface area contributed by atoms with E-state index in [9.17, 15) is 4.79 Å². The largest absolute Gasteiger partial charge is 0.385 e. The van der Waals surface area contributed by atoms with Gasteiger partial charge in [0.2, 0.25) is 0 Å². The van der Waals surface area contributed by atoms with Crippen LogP contribution in [0, 0.1) is 0 Å². The summed E-state index contributed by atoms with van der Waals surface area (Å²) in [5, 5.41) is 14.3. The van der Waals surface area contributed by atoms with Crippen LogP contribution < -0.4 is 10.6 Å². The van der Waals surface area contributed by atoms with Gasteiger partial charge in [-0.2, -0.15) is 0 Å². The van der Waals surface area contributed by atoms with E-state index < -0.39 is 0 Å². The molecule has 0 atom stereocenters. The molecular formula is C16H26N4O2. The molecule has 1 aromatic heterocycles. The fourth-order valence-corrected chi connectivity index (χ4v) is 2.66. The second-order valence-corrected chi connectivity index (χ2v) is 5.74. The van der Waals surface area contributed by atoms with Crippen LogP contribution in [0.25, 0.3) is 0 Å². The molecular weight excluding hydrogens is 280 g/mol. The molecule has 2 rings (SSSR count). The Hall–Kier alpha value is -1.69. The minimum atomic E-state index is -0.120. The maximum atomic E-state index is 12.2.